The first-order chi connectivity index (χ1) is 10.7. The maximum atomic E-state index is 12.4. The Balaban J connectivity index is 2.93. The molecule has 3 N–H and O–H groups in total. The third-order valence-electron chi connectivity index (χ3n) is 2.89. The molecule has 23 heavy (non-hydrogen) atoms. The normalized spacial score (nSPS) is 12.3. The van der Waals surface area contributed by atoms with E-state index in [1.54, 1.807) is 20.8 Å². The Morgan fingerprint density at radius 3 is 2.35 bits per heavy atom. The van der Waals surface area contributed by atoms with Crippen molar-refractivity contribution in [2.75, 3.05) is 13.2 Å². The maximum absolute atomic E-state index is 12.4. The number of benzene rings is 1. The van der Waals surface area contributed by atoms with Gasteiger partial charge in [0.1, 0.15) is 12.2 Å². The van der Waals surface area contributed by atoms with Gasteiger partial charge in [-0.1, -0.05) is 30.3 Å². The topological polar surface area (TPSA) is 102 Å². The zero-order valence-corrected chi connectivity index (χ0v) is 13.7. The minimum absolute atomic E-state index is 0.210. The summed E-state index contributed by atoms with van der Waals surface area (Å²) in [5.41, 5.74) is 5.12. The van der Waals surface area contributed by atoms with E-state index in [-0.39, 0.29) is 19.8 Å². The van der Waals surface area contributed by atoms with Gasteiger partial charge >= 0.3 is 12.2 Å². The summed E-state index contributed by atoms with van der Waals surface area (Å²) < 4.78 is 10.1. The predicted molar refractivity (Wildman–Crippen MR) is 84.6 cm³/mol. The van der Waals surface area contributed by atoms with Crippen LogP contribution in [-0.4, -0.2) is 47.0 Å². The van der Waals surface area contributed by atoms with Crippen LogP contribution in [0, 0.1) is 0 Å². The molecule has 7 heteroatoms. The van der Waals surface area contributed by atoms with E-state index in [0.29, 0.717) is 0 Å². The highest BCUT2D eigenvalue weighted by atomic mass is 16.6. The van der Waals surface area contributed by atoms with Crippen molar-refractivity contribution in [2.45, 2.75) is 39.0 Å². The summed E-state index contributed by atoms with van der Waals surface area (Å²) in [4.78, 5) is 24.5. The van der Waals surface area contributed by atoms with Gasteiger partial charge in [-0.25, -0.2) is 9.59 Å². The lowest BCUT2D eigenvalue weighted by Gasteiger charge is -2.32. The summed E-state index contributed by atoms with van der Waals surface area (Å²) >= 11 is 0. The van der Waals surface area contributed by atoms with Gasteiger partial charge in [-0.2, -0.15) is 0 Å². The van der Waals surface area contributed by atoms with Crippen LogP contribution in [-0.2, 0) is 16.0 Å². The molecule has 1 aromatic rings. The van der Waals surface area contributed by atoms with Crippen molar-refractivity contribution in [1.82, 2.24) is 4.90 Å². The molecule has 0 unspecified atom stereocenters. The number of carbonyl (C=O) groups excluding carboxylic acids is 2. The Hall–Kier alpha value is -2.28. The van der Waals surface area contributed by atoms with Crippen LogP contribution < -0.4 is 5.73 Å². The van der Waals surface area contributed by atoms with Gasteiger partial charge in [-0.15, -0.1) is 0 Å². The molecule has 128 valence electrons. The van der Waals surface area contributed by atoms with Crippen molar-refractivity contribution in [2.24, 2.45) is 5.73 Å². The summed E-state index contributed by atoms with van der Waals surface area (Å²) in [6.45, 7) is 4.86. The van der Waals surface area contributed by atoms with E-state index < -0.39 is 23.8 Å². The lowest BCUT2D eigenvalue weighted by Crippen LogP contribution is -2.47. The van der Waals surface area contributed by atoms with E-state index in [1.807, 2.05) is 30.3 Å². The van der Waals surface area contributed by atoms with Crippen molar-refractivity contribution >= 4 is 12.2 Å². The van der Waals surface area contributed by atoms with Gasteiger partial charge < -0.3 is 20.3 Å². The van der Waals surface area contributed by atoms with Gasteiger partial charge in [0.15, 0.2) is 0 Å². The Morgan fingerprint density at radius 2 is 1.87 bits per heavy atom. The molecule has 0 fully saturated rings. The molecular formula is C16H24N2O5. The molecule has 0 aliphatic rings. The van der Waals surface area contributed by atoms with Gasteiger partial charge in [0.2, 0.25) is 0 Å². The van der Waals surface area contributed by atoms with Crippen molar-refractivity contribution < 1.29 is 24.2 Å². The van der Waals surface area contributed by atoms with Crippen LogP contribution in [0.1, 0.15) is 26.3 Å². The number of nitrogens with zero attached hydrogens (tertiary/aromatic N) is 1. The number of hydrogen-bond acceptors (Lipinski definition) is 5. The standard InChI is InChI=1S/C16H24N2O5/c1-16(2,3)23-15(21)18(9-12-7-5-4-6-8-12)13(10-19)11-22-14(17)20/h4-8,13,19H,9-11H2,1-3H3,(H2,17,20)/t13-/m0/s1. The lowest BCUT2D eigenvalue weighted by molar-refractivity contribution is -0.00390. The largest absolute Gasteiger partial charge is 0.447 e. The Labute approximate surface area is 136 Å². The highest BCUT2D eigenvalue weighted by Crippen LogP contribution is 2.15. The van der Waals surface area contributed by atoms with Crippen molar-refractivity contribution in [3.63, 3.8) is 0 Å². The quantitative estimate of drug-likeness (QED) is 0.832. The second-order valence-electron chi connectivity index (χ2n) is 6.06. The van der Waals surface area contributed by atoms with Gasteiger partial charge in [0, 0.05) is 6.54 Å². The molecule has 0 bridgehead atoms. The zero-order chi connectivity index (χ0) is 17.5. The predicted octanol–water partition coefficient (Wildman–Crippen LogP) is 1.88. The Kier molecular flexibility index (Phi) is 6.84. The minimum atomic E-state index is -0.965. The summed E-state index contributed by atoms with van der Waals surface area (Å²) in [5.74, 6) is 0. The van der Waals surface area contributed by atoms with Crippen LogP contribution in [0.25, 0.3) is 0 Å². The fourth-order valence-corrected chi connectivity index (χ4v) is 1.86. The van der Waals surface area contributed by atoms with Gasteiger partial charge in [0.25, 0.3) is 0 Å². The van der Waals surface area contributed by atoms with E-state index in [0.717, 1.165) is 5.56 Å². The fourth-order valence-electron chi connectivity index (χ4n) is 1.86. The summed E-state index contributed by atoms with van der Waals surface area (Å²) in [6, 6.07) is 8.49. The monoisotopic (exact) mass is 324 g/mol. The second kappa shape index (κ2) is 8.38. The maximum Gasteiger partial charge on any atom is 0.411 e. The molecule has 7 nitrogen and oxygen atoms in total. The number of rotatable bonds is 6. The molecule has 0 spiro atoms. The number of ether oxygens (including phenoxy) is 2. The Morgan fingerprint density at radius 1 is 1.26 bits per heavy atom. The highest BCUT2D eigenvalue weighted by Gasteiger charge is 2.29. The molecule has 2 amide bonds. The molecule has 1 aromatic carbocycles. The third kappa shape index (κ3) is 7.01. The SMILES string of the molecule is CC(C)(C)OC(=O)N(Cc1ccccc1)[C@@H](CO)COC(N)=O. The lowest BCUT2D eigenvalue weighted by atomic mass is 10.2. The summed E-state index contributed by atoms with van der Waals surface area (Å²) in [6.07, 6.45) is -1.57. The van der Waals surface area contributed by atoms with E-state index in [4.69, 9.17) is 15.2 Å². The van der Waals surface area contributed by atoms with E-state index >= 15 is 0 Å². The Bertz CT molecular complexity index is 513. The molecule has 0 saturated carbocycles. The van der Waals surface area contributed by atoms with Crippen LogP contribution >= 0.6 is 0 Å². The molecule has 0 radical (unpaired) electrons. The van der Waals surface area contributed by atoms with Crippen LogP contribution in [0.4, 0.5) is 9.59 Å². The van der Waals surface area contributed by atoms with Crippen molar-refractivity contribution in [1.29, 1.82) is 0 Å². The third-order valence-corrected chi connectivity index (χ3v) is 2.89. The minimum Gasteiger partial charge on any atom is -0.447 e. The van der Waals surface area contributed by atoms with Gasteiger partial charge in [-0.05, 0) is 26.3 Å². The average Bonchev–Trinajstić information content (AvgIpc) is 2.45. The first kappa shape index (κ1) is 18.8. The summed E-state index contributed by atoms with van der Waals surface area (Å²) in [5, 5.41) is 9.55. The van der Waals surface area contributed by atoms with Crippen LogP contribution in [0.3, 0.4) is 0 Å². The first-order valence-corrected chi connectivity index (χ1v) is 7.29. The van der Waals surface area contributed by atoms with E-state index in [2.05, 4.69) is 0 Å². The average molecular weight is 324 g/mol. The van der Waals surface area contributed by atoms with E-state index in [9.17, 15) is 14.7 Å². The molecule has 1 atom stereocenters. The number of aliphatic hydroxyl groups is 1. The molecule has 0 aliphatic carbocycles. The number of hydrogen-bond donors (Lipinski definition) is 2. The van der Waals surface area contributed by atoms with Crippen LogP contribution in [0.15, 0.2) is 30.3 Å². The molecule has 0 aromatic heterocycles. The first-order valence-electron chi connectivity index (χ1n) is 7.29. The van der Waals surface area contributed by atoms with Gasteiger partial charge in [-0.3, -0.25) is 4.90 Å². The van der Waals surface area contributed by atoms with Crippen LogP contribution in [0.5, 0.6) is 0 Å². The smallest absolute Gasteiger partial charge is 0.411 e. The number of carbonyl (C=O) groups is 2. The van der Waals surface area contributed by atoms with Gasteiger partial charge in [0.05, 0.1) is 12.6 Å². The van der Waals surface area contributed by atoms with Crippen molar-refractivity contribution in [3.8, 4) is 0 Å². The fraction of sp³-hybridized carbons (Fsp3) is 0.500. The number of primary amides is 1. The second-order valence-corrected chi connectivity index (χ2v) is 6.06. The molecule has 0 saturated heterocycles. The number of aliphatic hydroxyl groups excluding tert-OH is 1. The van der Waals surface area contributed by atoms with Crippen LogP contribution in [0.2, 0.25) is 0 Å². The molecule has 0 heterocycles. The zero-order valence-electron chi connectivity index (χ0n) is 13.7. The molecular weight excluding hydrogens is 300 g/mol. The summed E-state index contributed by atoms with van der Waals surface area (Å²) in [7, 11) is 0. The molecule has 0 aliphatic heterocycles. The number of amides is 2. The van der Waals surface area contributed by atoms with E-state index in [1.165, 1.54) is 4.90 Å². The molecule has 1 rings (SSSR count). The highest BCUT2D eigenvalue weighted by molar-refractivity contribution is 5.69. The van der Waals surface area contributed by atoms with Crippen molar-refractivity contribution in [3.05, 3.63) is 35.9 Å². The number of nitrogens with two attached hydrogens (primary N) is 1.